The normalized spacial score (nSPS) is 20.5. The molecular weight excluding hydrogens is 280 g/mol. The molecule has 2 saturated heterocycles. The third kappa shape index (κ3) is 2.62. The van der Waals surface area contributed by atoms with E-state index in [0.29, 0.717) is 0 Å². The fourth-order valence-corrected chi connectivity index (χ4v) is 3.24. The van der Waals surface area contributed by atoms with Gasteiger partial charge in [-0.25, -0.2) is 0 Å². The molecule has 0 atom stereocenters. The summed E-state index contributed by atoms with van der Waals surface area (Å²) in [5.74, 6) is 0.842. The van der Waals surface area contributed by atoms with Gasteiger partial charge >= 0.3 is 0 Å². The minimum absolute atomic E-state index is 0.270. The van der Waals surface area contributed by atoms with Crippen LogP contribution in [0.3, 0.4) is 0 Å². The molecule has 22 heavy (non-hydrogen) atoms. The van der Waals surface area contributed by atoms with Crippen molar-refractivity contribution in [2.45, 2.75) is 18.9 Å². The number of rotatable bonds is 3. The average molecular weight is 302 g/mol. The van der Waals surface area contributed by atoms with Gasteiger partial charge in [0.15, 0.2) is 5.52 Å². The van der Waals surface area contributed by atoms with Gasteiger partial charge in [-0.05, 0) is 38.1 Å². The van der Waals surface area contributed by atoms with E-state index in [-0.39, 0.29) is 6.10 Å². The van der Waals surface area contributed by atoms with Crippen LogP contribution in [0.4, 0.5) is 5.69 Å². The number of ether oxygens (including phenoxy) is 1. The minimum Gasteiger partial charge on any atom is -0.488 e. The highest BCUT2D eigenvalue weighted by Crippen LogP contribution is 2.32. The highest BCUT2D eigenvalue weighted by atomic mass is 16.5. The van der Waals surface area contributed by atoms with Crippen molar-refractivity contribution in [1.82, 2.24) is 26.0 Å². The van der Waals surface area contributed by atoms with Gasteiger partial charge in [-0.3, -0.25) is 0 Å². The molecule has 7 heteroatoms. The SMILES string of the molecule is c1cc(N2CCNCC2)c2n[nH]nc2c1OC1CCNCC1. The van der Waals surface area contributed by atoms with Crippen molar-refractivity contribution < 1.29 is 4.74 Å². The highest BCUT2D eigenvalue weighted by Gasteiger charge is 2.20. The van der Waals surface area contributed by atoms with E-state index in [1.807, 2.05) is 6.07 Å². The molecule has 7 nitrogen and oxygen atoms in total. The van der Waals surface area contributed by atoms with Crippen LogP contribution in [0, 0.1) is 0 Å². The van der Waals surface area contributed by atoms with E-state index in [2.05, 4.69) is 37.0 Å². The van der Waals surface area contributed by atoms with Gasteiger partial charge in [0.05, 0.1) is 5.69 Å². The molecule has 2 aromatic rings. The quantitative estimate of drug-likeness (QED) is 0.766. The first kappa shape index (κ1) is 13.8. The lowest BCUT2D eigenvalue weighted by atomic mass is 10.1. The molecule has 0 unspecified atom stereocenters. The van der Waals surface area contributed by atoms with Crippen molar-refractivity contribution in [3.63, 3.8) is 0 Å². The van der Waals surface area contributed by atoms with Crippen LogP contribution in [0.2, 0.25) is 0 Å². The number of piperidine rings is 1. The molecule has 0 bridgehead atoms. The monoisotopic (exact) mass is 302 g/mol. The third-order valence-corrected chi connectivity index (χ3v) is 4.45. The molecule has 3 N–H and O–H groups in total. The number of hydrogen-bond donors (Lipinski definition) is 3. The lowest BCUT2D eigenvalue weighted by molar-refractivity contribution is 0.164. The molecule has 1 aromatic heterocycles. The van der Waals surface area contributed by atoms with Gasteiger partial charge < -0.3 is 20.3 Å². The number of aromatic amines is 1. The number of piperazine rings is 1. The summed E-state index contributed by atoms with van der Waals surface area (Å²) in [6, 6.07) is 4.16. The van der Waals surface area contributed by atoms with Crippen LogP contribution < -0.4 is 20.3 Å². The number of nitrogens with zero attached hydrogens (tertiary/aromatic N) is 3. The molecule has 1 aromatic carbocycles. The summed E-state index contributed by atoms with van der Waals surface area (Å²) < 4.78 is 6.18. The van der Waals surface area contributed by atoms with Gasteiger partial charge in [0.2, 0.25) is 0 Å². The molecule has 3 heterocycles. The van der Waals surface area contributed by atoms with Crippen molar-refractivity contribution >= 4 is 16.7 Å². The molecule has 2 aliphatic rings. The Kier molecular flexibility index (Phi) is 3.82. The molecule has 2 fully saturated rings. The zero-order valence-corrected chi connectivity index (χ0v) is 12.6. The molecule has 0 radical (unpaired) electrons. The van der Waals surface area contributed by atoms with E-state index in [9.17, 15) is 0 Å². The van der Waals surface area contributed by atoms with E-state index >= 15 is 0 Å². The maximum Gasteiger partial charge on any atom is 0.156 e. The lowest BCUT2D eigenvalue weighted by Gasteiger charge is -2.30. The van der Waals surface area contributed by atoms with Crippen molar-refractivity contribution in [1.29, 1.82) is 0 Å². The molecule has 118 valence electrons. The van der Waals surface area contributed by atoms with E-state index in [4.69, 9.17) is 4.74 Å². The lowest BCUT2D eigenvalue weighted by Crippen LogP contribution is -2.43. The first-order valence-electron chi connectivity index (χ1n) is 8.08. The highest BCUT2D eigenvalue weighted by molar-refractivity contribution is 5.92. The third-order valence-electron chi connectivity index (χ3n) is 4.45. The summed E-state index contributed by atoms with van der Waals surface area (Å²) in [7, 11) is 0. The van der Waals surface area contributed by atoms with Crippen LogP contribution in [0.15, 0.2) is 12.1 Å². The van der Waals surface area contributed by atoms with Crippen molar-refractivity contribution in [3.05, 3.63) is 12.1 Å². The maximum absolute atomic E-state index is 6.18. The van der Waals surface area contributed by atoms with Crippen LogP contribution >= 0.6 is 0 Å². The molecule has 4 rings (SSSR count). The zero-order valence-electron chi connectivity index (χ0n) is 12.6. The Hall–Kier alpha value is -1.86. The summed E-state index contributed by atoms with van der Waals surface area (Å²) in [6.45, 7) is 6.04. The second kappa shape index (κ2) is 6.10. The topological polar surface area (TPSA) is 78.1 Å². The number of H-pyrrole nitrogens is 1. The van der Waals surface area contributed by atoms with Gasteiger partial charge in [-0.1, -0.05) is 0 Å². The van der Waals surface area contributed by atoms with Crippen LogP contribution in [-0.2, 0) is 0 Å². The summed E-state index contributed by atoms with van der Waals surface area (Å²) in [6.07, 6.45) is 2.35. The van der Waals surface area contributed by atoms with E-state index in [1.54, 1.807) is 0 Å². The predicted octanol–water partition coefficient (Wildman–Crippen LogP) is 0.498. The number of aromatic nitrogens is 3. The number of benzene rings is 1. The summed E-state index contributed by atoms with van der Waals surface area (Å²) in [5.41, 5.74) is 2.89. The predicted molar refractivity (Wildman–Crippen MR) is 85.5 cm³/mol. The van der Waals surface area contributed by atoms with Crippen LogP contribution in [0.25, 0.3) is 11.0 Å². The molecule has 0 aliphatic carbocycles. The minimum atomic E-state index is 0.270. The smallest absolute Gasteiger partial charge is 0.156 e. The fraction of sp³-hybridized carbons (Fsp3) is 0.600. The Morgan fingerprint density at radius 3 is 2.50 bits per heavy atom. The van der Waals surface area contributed by atoms with Gasteiger partial charge in [0.1, 0.15) is 17.4 Å². The summed E-state index contributed by atoms with van der Waals surface area (Å²) in [5, 5.41) is 18.2. The Bertz CT molecular complexity index is 630. The Balaban J connectivity index is 1.62. The van der Waals surface area contributed by atoms with Gasteiger partial charge in [0, 0.05) is 26.2 Å². The van der Waals surface area contributed by atoms with Crippen LogP contribution in [0.5, 0.6) is 5.75 Å². The largest absolute Gasteiger partial charge is 0.488 e. The molecule has 0 spiro atoms. The molecule has 0 amide bonds. The van der Waals surface area contributed by atoms with Gasteiger partial charge in [-0.2, -0.15) is 15.4 Å². The number of fused-ring (bicyclic) bond motifs is 1. The standard InChI is InChI=1S/C15H22N6O/c1-2-13(22-11-3-5-16-6-4-11)15-14(18-20-19-15)12(1)21-9-7-17-8-10-21/h1-2,11,16-17H,3-10H2,(H,18,19,20). The Labute approximate surface area is 129 Å². The molecular formula is C15H22N6O. The van der Waals surface area contributed by atoms with E-state index in [1.165, 1.54) is 0 Å². The second-order valence-corrected chi connectivity index (χ2v) is 5.91. The average Bonchev–Trinajstić information content (AvgIpc) is 3.07. The zero-order chi connectivity index (χ0) is 14.8. The summed E-state index contributed by atoms with van der Waals surface area (Å²) >= 11 is 0. The van der Waals surface area contributed by atoms with E-state index < -0.39 is 0 Å². The van der Waals surface area contributed by atoms with Crippen molar-refractivity contribution in [2.75, 3.05) is 44.2 Å². The second-order valence-electron chi connectivity index (χ2n) is 5.91. The maximum atomic E-state index is 6.18. The Morgan fingerprint density at radius 2 is 1.68 bits per heavy atom. The Morgan fingerprint density at radius 1 is 0.955 bits per heavy atom. The first-order chi connectivity index (χ1) is 10.9. The molecule has 0 saturated carbocycles. The van der Waals surface area contributed by atoms with Crippen LogP contribution in [-0.4, -0.2) is 60.8 Å². The number of hydrogen-bond acceptors (Lipinski definition) is 6. The molecule has 2 aliphatic heterocycles. The fourth-order valence-electron chi connectivity index (χ4n) is 3.24. The van der Waals surface area contributed by atoms with Gasteiger partial charge in [0.25, 0.3) is 0 Å². The summed E-state index contributed by atoms with van der Waals surface area (Å²) in [4.78, 5) is 2.36. The number of anilines is 1. The number of nitrogens with one attached hydrogen (secondary N) is 3. The van der Waals surface area contributed by atoms with Crippen LogP contribution in [0.1, 0.15) is 12.8 Å². The first-order valence-corrected chi connectivity index (χ1v) is 8.08. The van der Waals surface area contributed by atoms with Crippen molar-refractivity contribution in [2.24, 2.45) is 0 Å². The van der Waals surface area contributed by atoms with Gasteiger partial charge in [-0.15, -0.1) is 0 Å². The van der Waals surface area contributed by atoms with Crippen molar-refractivity contribution in [3.8, 4) is 5.75 Å². The van der Waals surface area contributed by atoms with E-state index in [0.717, 1.165) is 74.6 Å².